The Morgan fingerprint density at radius 2 is 1.15 bits per heavy atom. The predicted molar refractivity (Wildman–Crippen MR) is 91.9 cm³/mol. The predicted octanol–water partition coefficient (Wildman–Crippen LogP) is 6.79. The molecule has 0 saturated heterocycles. The van der Waals surface area contributed by atoms with Gasteiger partial charge in [0.1, 0.15) is 0 Å². The highest BCUT2D eigenvalue weighted by molar-refractivity contribution is 4.99. The molecule has 0 radical (unpaired) electrons. The van der Waals surface area contributed by atoms with Gasteiger partial charge < -0.3 is 0 Å². The third kappa shape index (κ3) is 3.42. The molecule has 1 rings (SSSR count). The summed E-state index contributed by atoms with van der Waals surface area (Å²) in [6.45, 7) is 24.6. The minimum atomic E-state index is 0.424. The molecule has 0 aliphatic heterocycles. The Labute approximate surface area is 129 Å². The first-order valence-electron chi connectivity index (χ1n) is 8.82. The molecule has 0 nitrogen and oxygen atoms in total. The molecule has 0 N–H and O–H groups in total. The highest BCUT2D eigenvalue weighted by atomic mass is 14.5. The monoisotopic (exact) mass is 280 g/mol. The van der Waals surface area contributed by atoms with E-state index in [1.807, 2.05) is 0 Å². The minimum absolute atomic E-state index is 0.424. The van der Waals surface area contributed by atoms with E-state index in [1.165, 1.54) is 19.3 Å². The quantitative estimate of drug-likeness (QED) is 0.522. The van der Waals surface area contributed by atoms with Crippen LogP contribution in [0.5, 0.6) is 0 Å². The van der Waals surface area contributed by atoms with Crippen molar-refractivity contribution in [2.24, 2.45) is 39.9 Å². The minimum Gasteiger partial charge on any atom is -0.0622 e. The van der Waals surface area contributed by atoms with Gasteiger partial charge in [-0.3, -0.25) is 0 Å². The normalized spacial score (nSPS) is 28.2. The zero-order valence-electron chi connectivity index (χ0n) is 15.9. The van der Waals surface area contributed by atoms with E-state index in [0.717, 1.165) is 23.7 Å². The fourth-order valence-electron chi connectivity index (χ4n) is 4.94. The van der Waals surface area contributed by atoms with Crippen molar-refractivity contribution in [3.63, 3.8) is 0 Å². The fraction of sp³-hybridized carbons (Fsp3) is 1.00. The molecular formula is C20H40. The van der Waals surface area contributed by atoms with Gasteiger partial charge in [-0.15, -0.1) is 0 Å². The molecule has 0 heterocycles. The highest BCUT2D eigenvalue weighted by Gasteiger charge is 2.50. The summed E-state index contributed by atoms with van der Waals surface area (Å²) in [7, 11) is 0. The molecule has 2 unspecified atom stereocenters. The van der Waals surface area contributed by atoms with Crippen LogP contribution in [0.25, 0.3) is 0 Å². The van der Waals surface area contributed by atoms with E-state index >= 15 is 0 Å². The summed E-state index contributed by atoms with van der Waals surface area (Å²) in [5.74, 6) is 3.32. The van der Waals surface area contributed by atoms with Crippen molar-refractivity contribution in [1.29, 1.82) is 0 Å². The van der Waals surface area contributed by atoms with E-state index in [9.17, 15) is 0 Å². The van der Waals surface area contributed by atoms with Gasteiger partial charge in [0.25, 0.3) is 0 Å². The smallest absolute Gasteiger partial charge is 0.0248 e. The Morgan fingerprint density at radius 3 is 1.45 bits per heavy atom. The largest absolute Gasteiger partial charge is 0.0622 e. The number of hydrogen-bond acceptors (Lipinski definition) is 0. The van der Waals surface area contributed by atoms with Crippen LogP contribution < -0.4 is 0 Å². The van der Waals surface area contributed by atoms with Crippen LogP contribution in [0, 0.1) is 39.9 Å². The fourth-order valence-corrected chi connectivity index (χ4v) is 4.94. The molecule has 0 spiro atoms. The Kier molecular flexibility index (Phi) is 5.10. The zero-order chi connectivity index (χ0) is 15.9. The maximum Gasteiger partial charge on any atom is -0.0248 e. The van der Waals surface area contributed by atoms with Crippen LogP contribution in [-0.4, -0.2) is 0 Å². The van der Waals surface area contributed by atoms with Crippen molar-refractivity contribution in [2.75, 3.05) is 0 Å². The maximum atomic E-state index is 2.47. The van der Waals surface area contributed by atoms with Gasteiger partial charge in [-0.1, -0.05) is 69.2 Å². The molecule has 0 bridgehead atoms. The third-order valence-corrected chi connectivity index (χ3v) is 6.53. The molecule has 2 atom stereocenters. The van der Waals surface area contributed by atoms with Gasteiger partial charge in [0.2, 0.25) is 0 Å². The molecule has 1 aliphatic rings. The zero-order valence-corrected chi connectivity index (χ0v) is 15.9. The Bertz CT molecular complexity index is 300. The second-order valence-corrected chi connectivity index (χ2v) is 10.2. The lowest BCUT2D eigenvalue weighted by Gasteiger charge is -2.56. The molecule has 1 fully saturated rings. The Morgan fingerprint density at radius 1 is 0.750 bits per heavy atom. The van der Waals surface area contributed by atoms with Crippen molar-refractivity contribution >= 4 is 0 Å². The van der Waals surface area contributed by atoms with Crippen LogP contribution in [0.15, 0.2) is 0 Å². The summed E-state index contributed by atoms with van der Waals surface area (Å²) in [5.41, 5.74) is 1.42. The molecule has 1 saturated carbocycles. The lowest BCUT2D eigenvalue weighted by atomic mass is 9.49. The summed E-state index contributed by atoms with van der Waals surface area (Å²) in [5, 5.41) is 0. The van der Waals surface area contributed by atoms with Crippen LogP contribution in [-0.2, 0) is 0 Å². The number of hydrogen-bond donors (Lipinski definition) is 0. The van der Waals surface area contributed by atoms with E-state index in [2.05, 4.69) is 69.2 Å². The molecule has 0 aromatic carbocycles. The van der Waals surface area contributed by atoms with Crippen LogP contribution in [0.2, 0.25) is 0 Å². The molecule has 120 valence electrons. The topological polar surface area (TPSA) is 0 Å². The van der Waals surface area contributed by atoms with Gasteiger partial charge in [0.15, 0.2) is 0 Å². The van der Waals surface area contributed by atoms with Gasteiger partial charge in [-0.25, -0.2) is 0 Å². The van der Waals surface area contributed by atoms with Crippen molar-refractivity contribution in [1.82, 2.24) is 0 Å². The molecule has 0 amide bonds. The SMILES string of the molecule is CC(C)C1(C(C)C)CCC(C(C)(C)C)C(C(C)(C)C)C1. The molecule has 0 heteroatoms. The highest BCUT2D eigenvalue weighted by Crippen LogP contribution is 2.58. The summed E-state index contributed by atoms with van der Waals surface area (Å²) >= 11 is 0. The summed E-state index contributed by atoms with van der Waals surface area (Å²) in [6, 6.07) is 0. The first-order chi connectivity index (χ1) is 8.82. The van der Waals surface area contributed by atoms with Gasteiger partial charge in [0, 0.05) is 0 Å². The first kappa shape index (κ1) is 18.1. The summed E-state index contributed by atoms with van der Waals surface area (Å²) < 4.78 is 0. The second-order valence-electron chi connectivity index (χ2n) is 10.2. The second kappa shape index (κ2) is 5.65. The molecule has 0 aromatic rings. The Hall–Kier alpha value is 0. The van der Waals surface area contributed by atoms with Crippen molar-refractivity contribution in [2.45, 2.75) is 88.5 Å². The van der Waals surface area contributed by atoms with Crippen LogP contribution in [0.3, 0.4) is 0 Å². The van der Waals surface area contributed by atoms with Crippen LogP contribution in [0.1, 0.15) is 88.5 Å². The van der Waals surface area contributed by atoms with Crippen molar-refractivity contribution < 1.29 is 0 Å². The first-order valence-corrected chi connectivity index (χ1v) is 8.82. The van der Waals surface area contributed by atoms with Gasteiger partial charge in [-0.2, -0.15) is 0 Å². The van der Waals surface area contributed by atoms with Gasteiger partial charge in [-0.05, 0) is 59.2 Å². The van der Waals surface area contributed by atoms with Crippen molar-refractivity contribution in [3.8, 4) is 0 Å². The van der Waals surface area contributed by atoms with E-state index in [4.69, 9.17) is 0 Å². The summed E-state index contributed by atoms with van der Waals surface area (Å²) in [6.07, 6.45) is 4.27. The third-order valence-electron chi connectivity index (χ3n) is 6.53. The van der Waals surface area contributed by atoms with Crippen LogP contribution >= 0.6 is 0 Å². The average Bonchev–Trinajstić information content (AvgIpc) is 2.25. The van der Waals surface area contributed by atoms with Gasteiger partial charge in [0.05, 0.1) is 0 Å². The molecule has 1 aliphatic carbocycles. The van der Waals surface area contributed by atoms with E-state index < -0.39 is 0 Å². The number of rotatable bonds is 2. The Balaban J connectivity index is 3.16. The van der Waals surface area contributed by atoms with E-state index in [0.29, 0.717) is 16.2 Å². The lowest BCUT2D eigenvalue weighted by molar-refractivity contribution is -0.0669. The van der Waals surface area contributed by atoms with Crippen molar-refractivity contribution in [3.05, 3.63) is 0 Å². The lowest BCUT2D eigenvalue weighted by Crippen LogP contribution is -2.48. The maximum absolute atomic E-state index is 2.47. The standard InChI is InChI=1S/C20H40/c1-14(2)20(15(3)4)12-11-16(18(5,6)7)17(13-20)19(8,9)10/h14-17H,11-13H2,1-10H3. The van der Waals surface area contributed by atoms with Crippen LogP contribution in [0.4, 0.5) is 0 Å². The average molecular weight is 281 g/mol. The van der Waals surface area contributed by atoms with Gasteiger partial charge >= 0.3 is 0 Å². The molecule has 20 heavy (non-hydrogen) atoms. The van der Waals surface area contributed by atoms with E-state index in [-0.39, 0.29) is 0 Å². The van der Waals surface area contributed by atoms with E-state index in [1.54, 1.807) is 0 Å². The molecular weight excluding hydrogens is 240 g/mol. The molecule has 0 aromatic heterocycles. The summed E-state index contributed by atoms with van der Waals surface area (Å²) in [4.78, 5) is 0.